The van der Waals surface area contributed by atoms with Crippen LogP contribution in [0.15, 0.2) is 23.2 Å². The summed E-state index contributed by atoms with van der Waals surface area (Å²) >= 11 is 0. The average Bonchev–Trinajstić information content (AvgIpc) is 3.15. The number of hydrogen-bond acceptors (Lipinski definition) is 7. The molecule has 3 aromatic rings. The lowest BCUT2D eigenvalue weighted by molar-refractivity contribution is 0.0120. The van der Waals surface area contributed by atoms with Gasteiger partial charge >= 0.3 is 0 Å². The number of imidazole rings is 1. The van der Waals surface area contributed by atoms with Gasteiger partial charge in [-0.05, 0) is 44.4 Å². The zero-order chi connectivity index (χ0) is 23.0. The molecule has 168 valence electrons. The first-order chi connectivity index (χ1) is 15.2. The number of anilines is 1. The van der Waals surface area contributed by atoms with Crippen molar-refractivity contribution in [3.8, 4) is 11.3 Å². The second-order valence-electron chi connectivity index (χ2n) is 7.69. The highest BCUT2D eigenvalue weighted by molar-refractivity contribution is 7.89. The smallest absolute Gasteiger partial charge is 0.241 e. The van der Waals surface area contributed by atoms with E-state index in [2.05, 4.69) is 24.6 Å². The number of nitrogens with zero attached hydrogens (tertiary/aromatic N) is 5. The summed E-state index contributed by atoms with van der Waals surface area (Å²) in [7, 11) is -4.03. The van der Waals surface area contributed by atoms with Crippen LogP contribution >= 0.6 is 0 Å². The van der Waals surface area contributed by atoms with Gasteiger partial charge in [-0.2, -0.15) is 5.10 Å². The molecule has 1 saturated heterocycles. The summed E-state index contributed by atoms with van der Waals surface area (Å²) in [6, 6.07) is 1.93. The topological polar surface area (TPSA) is 129 Å². The van der Waals surface area contributed by atoms with Gasteiger partial charge in [0.25, 0.3) is 0 Å². The van der Waals surface area contributed by atoms with Crippen LogP contribution in [-0.2, 0) is 14.8 Å². The van der Waals surface area contributed by atoms with Gasteiger partial charge in [-0.25, -0.2) is 38.6 Å². The Bertz CT molecular complexity index is 1330. The van der Waals surface area contributed by atoms with Crippen molar-refractivity contribution in [2.75, 3.05) is 18.9 Å². The number of sulfonamides is 1. The number of nitrogens with two attached hydrogens (primary N) is 1. The number of rotatable bonds is 5. The third kappa shape index (κ3) is 4.14. The van der Waals surface area contributed by atoms with E-state index in [0.717, 1.165) is 6.07 Å². The monoisotopic (exact) mass is 459 g/mol. The van der Waals surface area contributed by atoms with Crippen LogP contribution in [0, 0.1) is 26.2 Å². The molecule has 32 heavy (non-hydrogen) atoms. The van der Waals surface area contributed by atoms with Gasteiger partial charge in [0.05, 0.1) is 23.4 Å². The highest BCUT2D eigenvalue weighted by Crippen LogP contribution is 2.30. The van der Waals surface area contributed by atoms with Gasteiger partial charge in [0.2, 0.25) is 16.6 Å². The molecule has 0 aliphatic carbocycles. The van der Waals surface area contributed by atoms with E-state index in [1.54, 1.807) is 13.8 Å². The van der Waals surface area contributed by atoms with Crippen LogP contribution < -0.4 is 10.5 Å². The molecule has 0 radical (unpaired) electrons. The Hall–Kier alpha value is -3.14. The van der Waals surface area contributed by atoms with E-state index in [1.807, 2.05) is 0 Å². The molecular weight excluding hydrogens is 437 g/mol. The van der Waals surface area contributed by atoms with Gasteiger partial charge in [-0.15, -0.1) is 0 Å². The van der Waals surface area contributed by atoms with E-state index >= 15 is 0 Å². The first-order valence-electron chi connectivity index (χ1n) is 9.95. The fourth-order valence-electron chi connectivity index (χ4n) is 3.70. The molecule has 0 amide bonds. The van der Waals surface area contributed by atoms with Crippen LogP contribution in [0.2, 0.25) is 0 Å². The van der Waals surface area contributed by atoms with Crippen LogP contribution in [0.4, 0.5) is 10.2 Å². The summed E-state index contributed by atoms with van der Waals surface area (Å²) in [5.74, 6) is -0.110. The molecule has 2 atom stereocenters. The maximum absolute atomic E-state index is 14.8. The second-order valence-corrected chi connectivity index (χ2v) is 9.41. The number of aromatic nitrogens is 4. The minimum Gasteiger partial charge on any atom is -0.380 e. The Labute approximate surface area is 184 Å². The fourth-order valence-corrected chi connectivity index (χ4v) is 5.00. The number of hydrogen-bond donors (Lipinski definition) is 2. The summed E-state index contributed by atoms with van der Waals surface area (Å²) in [6.45, 7) is 10.5. The van der Waals surface area contributed by atoms with Gasteiger partial charge in [-0.1, -0.05) is 0 Å². The predicted octanol–water partition coefficient (Wildman–Crippen LogP) is 1.87. The van der Waals surface area contributed by atoms with Crippen molar-refractivity contribution in [3.05, 3.63) is 47.0 Å². The maximum atomic E-state index is 14.8. The Morgan fingerprint density at radius 1 is 1.38 bits per heavy atom. The molecule has 1 fully saturated rings. The average molecular weight is 460 g/mol. The minimum absolute atomic E-state index is 0.156. The molecule has 0 saturated carbocycles. The molecule has 1 aliphatic heterocycles. The molecule has 2 aromatic heterocycles. The van der Waals surface area contributed by atoms with Crippen molar-refractivity contribution in [3.63, 3.8) is 0 Å². The van der Waals surface area contributed by atoms with Crippen molar-refractivity contribution in [1.29, 1.82) is 0 Å². The first kappa shape index (κ1) is 22.1. The Balaban J connectivity index is 1.68. The SMILES string of the molecule is [C-]#[N+]C[C@H]1CC[C@H](NS(=O)(=O)c2cc(F)c(C)c(-c3cnc4c(N)nc(C)nn34)c2)CO1. The lowest BCUT2D eigenvalue weighted by Crippen LogP contribution is -2.43. The molecule has 0 unspecified atom stereocenters. The maximum Gasteiger partial charge on any atom is 0.241 e. The van der Waals surface area contributed by atoms with Crippen molar-refractivity contribution in [1.82, 2.24) is 24.3 Å². The third-order valence-corrected chi connectivity index (χ3v) is 6.88. The number of nitrogen functional groups attached to an aromatic ring is 1. The summed E-state index contributed by atoms with van der Waals surface area (Å²) in [5.41, 5.74) is 7.18. The van der Waals surface area contributed by atoms with E-state index in [0.29, 0.717) is 35.6 Å². The Kier molecular flexibility index (Phi) is 5.81. The van der Waals surface area contributed by atoms with E-state index in [4.69, 9.17) is 17.0 Å². The minimum atomic E-state index is -4.03. The Morgan fingerprint density at radius 3 is 2.84 bits per heavy atom. The largest absolute Gasteiger partial charge is 0.380 e. The second kappa shape index (κ2) is 8.42. The van der Waals surface area contributed by atoms with Crippen molar-refractivity contribution in [2.45, 2.75) is 43.7 Å². The number of benzene rings is 1. The van der Waals surface area contributed by atoms with Crippen LogP contribution in [0.3, 0.4) is 0 Å². The molecule has 10 nitrogen and oxygen atoms in total. The molecule has 1 aliphatic rings. The lowest BCUT2D eigenvalue weighted by Gasteiger charge is -2.27. The van der Waals surface area contributed by atoms with Gasteiger partial charge < -0.3 is 15.3 Å². The van der Waals surface area contributed by atoms with Crippen LogP contribution in [-0.4, -0.2) is 53.3 Å². The summed E-state index contributed by atoms with van der Waals surface area (Å²) in [6.07, 6.45) is 2.37. The van der Waals surface area contributed by atoms with E-state index in [1.165, 1.54) is 16.8 Å². The van der Waals surface area contributed by atoms with Crippen molar-refractivity contribution < 1.29 is 17.5 Å². The number of fused-ring (bicyclic) bond motifs is 1. The van der Waals surface area contributed by atoms with Gasteiger partial charge in [0.15, 0.2) is 11.5 Å². The highest BCUT2D eigenvalue weighted by atomic mass is 32.2. The van der Waals surface area contributed by atoms with Crippen molar-refractivity contribution >= 4 is 21.5 Å². The molecule has 4 rings (SSSR count). The highest BCUT2D eigenvalue weighted by Gasteiger charge is 2.28. The first-order valence-corrected chi connectivity index (χ1v) is 11.4. The van der Waals surface area contributed by atoms with E-state index in [9.17, 15) is 12.8 Å². The third-order valence-electron chi connectivity index (χ3n) is 5.39. The molecule has 3 N–H and O–H groups in total. The van der Waals surface area contributed by atoms with Gasteiger partial charge in [0.1, 0.15) is 17.7 Å². The standard InChI is InChI=1S/C20H22FN7O3S/c1-11-16(18-9-24-20-19(22)25-12(2)26-28(18)20)6-15(7-17(11)21)32(29,30)27-13-4-5-14(8-23-3)31-10-13/h6-7,9,13-14,27H,4-5,8,10H2,1-2H3,(H2,22,25,26)/t13-,14+/m0/s1. The zero-order valence-electron chi connectivity index (χ0n) is 17.5. The fraction of sp³-hybridized carbons (Fsp3) is 0.400. The van der Waals surface area contributed by atoms with Gasteiger partial charge in [0, 0.05) is 11.6 Å². The summed E-state index contributed by atoms with van der Waals surface area (Å²) in [5, 5.41) is 4.29. The molecule has 12 heteroatoms. The quantitative estimate of drug-likeness (QED) is 0.557. The molecule has 0 spiro atoms. The van der Waals surface area contributed by atoms with E-state index in [-0.39, 0.29) is 35.5 Å². The molecule has 1 aromatic carbocycles. The van der Waals surface area contributed by atoms with Crippen LogP contribution in [0.25, 0.3) is 21.7 Å². The number of halogens is 1. The summed E-state index contributed by atoms with van der Waals surface area (Å²) in [4.78, 5) is 11.4. The normalized spacial score (nSPS) is 19.2. The van der Waals surface area contributed by atoms with Crippen LogP contribution in [0.5, 0.6) is 0 Å². The number of ether oxygens (including phenoxy) is 1. The summed E-state index contributed by atoms with van der Waals surface area (Å²) < 4.78 is 50.4. The van der Waals surface area contributed by atoms with Gasteiger partial charge in [-0.3, -0.25) is 0 Å². The lowest BCUT2D eigenvalue weighted by atomic mass is 10.1. The van der Waals surface area contributed by atoms with Crippen molar-refractivity contribution in [2.24, 2.45) is 0 Å². The molecule has 0 bridgehead atoms. The molecule has 3 heterocycles. The zero-order valence-corrected chi connectivity index (χ0v) is 18.4. The molecular formula is C20H22FN7O3S. The Morgan fingerprint density at radius 2 is 2.16 bits per heavy atom. The predicted molar refractivity (Wildman–Crippen MR) is 115 cm³/mol. The van der Waals surface area contributed by atoms with E-state index < -0.39 is 21.9 Å². The number of nitrogens with one attached hydrogen (secondary N) is 1. The number of aryl methyl sites for hydroxylation is 1. The van der Waals surface area contributed by atoms with Crippen LogP contribution in [0.1, 0.15) is 24.2 Å².